The van der Waals surface area contributed by atoms with Gasteiger partial charge in [0.25, 0.3) is 0 Å². The van der Waals surface area contributed by atoms with Crippen molar-refractivity contribution in [1.82, 2.24) is 5.06 Å². The Balaban J connectivity index is 2.31. The predicted molar refractivity (Wildman–Crippen MR) is 32.5 cm³/mol. The van der Waals surface area contributed by atoms with Crippen molar-refractivity contribution in [2.45, 2.75) is 12.8 Å². The third-order valence-electron chi connectivity index (χ3n) is 1.51. The van der Waals surface area contributed by atoms with E-state index in [2.05, 4.69) is 0 Å². The Hall–Kier alpha value is -0.570. The number of carbonyl (C=O) groups is 1. The van der Waals surface area contributed by atoms with Crippen LogP contribution < -0.4 is 0 Å². The van der Waals surface area contributed by atoms with Gasteiger partial charge in [-0.15, -0.1) is 0 Å². The Morgan fingerprint density at radius 3 is 2.56 bits per heavy atom. The maximum atomic E-state index is 10.9. The fourth-order valence-electron chi connectivity index (χ4n) is 0.677. The number of hydroxylamine groups is 2. The zero-order valence-corrected chi connectivity index (χ0v) is 5.76. The van der Waals surface area contributed by atoms with Crippen LogP contribution in [0.15, 0.2) is 0 Å². The maximum Gasteiger partial charge on any atom is 0.248 e. The van der Waals surface area contributed by atoms with Crippen LogP contribution in [0.1, 0.15) is 12.8 Å². The van der Waals surface area contributed by atoms with E-state index in [4.69, 9.17) is 4.84 Å². The van der Waals surface area contributed by atoms with E-state index in [-0.39, 0.29) is 11.8 Å². The van der Waals surface area contributed by atoms with Crippen molar-refractivity contribution < 1.29 is 9.63 Å². The van der Waals surface area contributed by atoms with Crippen molar-refractivity contribution in [2.75, 3.05) is 14.2 Å². The van der Waals surface area contributed by atoms with E-state index >= 15 is 0 Å². The summed E-state index contributed by atoms with van der Waals surface area (Å²) in [4.78, 5) is 15.6. The Morgan fingerprint density at radius 1 is 1.67 bits per heavy atom. The fourth-order valence-corrected chi connectivity index (χ4v) is 0.677. The molecule has 1 aliphatic rings. The van der Waals surface area contributed by atoms with Gasteiger partial charge in [0, 0.05) is 13.0 Å². The molecule has 0 saturated heterocycles. The van der Waals surface area contributed by atoms with Crippen LogP contribution in [0, 0.1) is 5.92 Å². The van der Waals surface area contributed by atoms with E-state index in [1.54, 1.807) is 7.05 Å². The molecule has 0 N–H and O–H groups in total. The molecular formula is C6H11NO2. The van der Waals surface area contributed by atoms with Crippen LogP contribution in [-0.2, 0) is 9.63 Å². The lowest BCUT2D eigenvalue weighted by atomic mass is 10.8. The Bertz CT molecular complexity index is 120. The predicted octanol–water partition coefficient (Wildman–Crippen LogP) is 0.416. The molecule has 1 aliphatic carbocycles. The molecule has 0 unspecified atom stereocenters. The van der Waals surface area contributed by atoms with Gasteiger partial charge in [-0.25, -0.2) is 5.06 Å². The summed E-state index contributed by atoms with van der Waals surface area (Å²) < 4.78 is 0. The molecule has 0 bridgehead atoms. The number of hydrogen-bond acceptors (Lipinski definition) is 2. The van der Waals surface area contributed by atoms with Gasteiger partial charge in [0.05, 0.1) is 7.11 Å². The molecule has 0 spiro atoms. The minimum atomic E-state index is 0.109. The van der Waals surface area contributed by atoms with Crippen LogP contribution in [0.2, 0.25) is 0 Å². The van der Waals surface area contributed by atoms with Gasteiger partial charge >= 0.3 is 0 Å². The number of carbonyl (C=O) groups excluding carboxylic acids is 1. The lowest BCUT2D eigenvalue weighted by molar-refractivity contribution is -0.170. The van der Waals surface area contributed by atoms with Crippen LogP contribution in [0.4, 0.5) is 0 Å². The third kappa shape index (κ3) is 1.42. The van der Waals surface area contributed by atoms with E-state index in [1.807, 2.05) is 0 Å². The van der Waals surface area contributed by atoms with Crippen LogP contribution in [0.25, 0.3) is 0 Å². The van der Waals surface area contributed by atoms with Crippen LogP contribution >= 0.6 is 0 Å². The molecule has 1 rings (SSSR count). The maximum absolute atomic E-state index is 10.9. The molecule has 1 saturated carbocycles. The van der Waals surface area contributed by atoms with Crippen LogP contribution in [0.5, 0.6) is 0 Å². The van der Waals surface area contributed by atoms with Gasteiger partial charge in [-0.05, 0) is 12.8 Å². The van der Waals surface area contributed by atoms with Gasteiger partial charge in [0.1, 0.15) is 0 Å². The van der Waals surface area contributed by atoms with Crippen molar-refractivity contribution in [2.24, 2.45) is 5.92 Å². The van der Waals surface area contributed by atoms with Crippen molar-refractivity contribution >= 4 is 5.91 Å². The molecule has 0 atom stereocenters. The van der Waals surface area contributed by atoms with Crippen LogP contribution in [-0.4, -0.2) is 25.1 Å². The molecule has 1 fully saturated rings. The SMILES string of the molecule is CON(C)[14C](=O)C1CC1. The number of amides is 1. The molecule has 0 aliphatic heterocycles. The lowest BCUT2D eigenvalue weighted by Crippen LogP contribution is -2.26. The summed E-state index contributed by atoms with van der Waals surface area (Å²) in [7, 11) is 3.14. The number of hydrogen-bond donors (Lipinski definition) is 0. The average Bonchev–Trinajstić information content (AvgIpc) is 2.66. The molecular weight excluding hydrogens is 120 g/mol. The summed E-state index contributed by atoms with van der Waals surface area (Å²) in [6.45, 7) is 0. The monoisotopic (exact) mass is 131 g/mol. The topological polar surface area (TPSA) is 29.5 Å². The highest BCUT2D eigenvalue weighted by molar-refractivity contribution is 5.79. The summed E-state index contributed by atoms with van der Waals surface area (Å²) >= 11 is 0. The molecule has 0 aromatic carbocycles. The summed E-state index contributed by atoms with van der Waals surface area (Å²) in [5.74, 6) is 0.368. The van der Waals surface area contributed by atoms with E-state index < -0.39 is 0 Å². The standard InChI is InChI=1S/C6H11NO2/c1-7(9-2)6(8)5-3-4-5/h5H,3-4H2,1-2H3/i6+2. The minimum Gasteiger partial charge on any atom is -0.275 e. The molecule has 0 heterocycles. The van der Waals surface area contributed by atoms with Crippen molar-refractivity contribution in [3.63, 3.8) is 0 Å². The number of nitrogens with zero attached hydrogens (tertiary/aromatic N) is 1. The molecule has 0 radical (unpaired) electrons. The first-order chi connectivity index (χ1) is 4.25. The molecule has 1 amide bonds. The Morgan fingerprint density at radius 2 is 2.22 bits per heavy atom. The summed E-state index contributed by atoms with van der Waals surface area (Å²) in [6, 6.07) is 0. The van der Waals surface area contributed by atoms with Crippen molar-refractivity contribution in [3.8, 4) is 0 Å². The average molecular weight is 131 g/mol. The normalized spacial score (nSPS) is 17.6. The first kappa shape index (κ1) is 6.55. The van der Waals surface area contributed by atoms with Gasteiger partial charge < -0.3 is 0 Å². The zero-order chi connectivity index (χ0) is 6.85. The first-order valence-electron chi connectivity index (χ1n) is 3.07. The second kappa shape index (κ2) is 2.35. The van der Waals surface area contributed by atoms with E-state index in [0.29, 0.717) is 0 Å². The first-order valence-corrected chi connectivity index (χ1v) is 3.07. The fraction of sp³-hybridized carbons (Fsp3) is 0.833. The molecule has 3 nitrogen and oxygen atoms in total. The molecule has 52 valence electrons. The van der Waals surface area contributed by atoms with E-state index in [9.17, 15) is 4.79 Å². The van der Waals surface area contributed by atoms with Gasteiger partial charge in [-0.2, -0.15) is 0 Å². The van der Waals surface area contributed by atoms with E-state index in [0.717, 1.165) is 12.8 Å². The van der Waals surface area contributed by atoms with Gasteiger partial charge in [-0.3, -0.25) is 9.63 Å². The summed E-state index contributed by atoms with van der Waals surface area (Å²) in [5.41, 5.74) is 0. The zero-order valence-electron chi connectivity index (χ0n) is 5.76. The van der Waals surface area contributed by atoms with Crippen LogP contribution in [0.3, 0.4) is 0 Å². The second-order valence-electron chi connectivity index (χ2n) is 2.29. The quantitative estimate of drug-likeness (QED) is 0.508. The third-order valence-corrected chi connectivity index (χ3v) is 1.51. The highest BCUT2D eigenvalue weighted by Gasteiger charge is 2.32. The molecule has 9 heavy (non-hydrogen) atoms. The van der Waals surface area contributed by atoms with Gasteiger partial charge in [0.15, 0.2) is 0 Å². The smallest absolute Gasteiger partial charge is 0.248 e. The number of rotatable bonds is 2. The largest absolute Gasteiger partial charge is 0.275 e. The van der Waals surface area contributed by atoms with Gasteiger partial charge in [-0.1, -0.05) is 0 Å². The second-order valence-corrected chi connectivity index (χ2v) is 2.29. The molecule has 0 aromatic heterocycles. The highest BCUT2D eigenvalue weighted by Crippen LogP contribution is 2.30. The minimum absolute atomic E-state index is 0.109. The Labute approximate surface area is 54.5 Å². The van der Waals surface area contributed by atoms with Crippen molar-refractivity contribution in [1.29, 1.82) is 0 Å². The molecule has 0 aromatic rings. The van der Waals surface area contributed by atoms with E-state index in [1.165, 1.54) is 12.2 Å². The highest BCUT2D eigenvalue weighted by atomic mass is 16.7. The summed E-state index contributed by atoms with van der Waals surface area (Å²) in [5, 5.41) is 1.29. The van der Waals surface area contributed by atoms with Gasteiger partial charge in [0.2, 0.25) is 5.91 Å². The van der Waals surface area contributed by atoms with Crippen molar-refractivity contribution in [3.05, 3.63) is 0 Å². The summed E-state index contributed by atoms with van der Waals surface area (Å²) in [6.07, 6.45) is 2.07. The molecule has 3 heteroatoms. The lowest BCUT2D eigenvalue weighted by Gasteiger charge is -2.11. The Kier molecular flexibility index (Phi) is 1.71.